The quantitative estimate of drug-likeness (QED) is 0.936. The summed E-state index contributed by atoms with van der Waals surface area (Å²) in [6.45, 7) is 3.85. The summed E-state index contributed by atoms with van der Waals surface area (Å²) in [6.07, 6.45) is 3.22. The van der Waals surface area contributed by atoms with E-state index in [0.717, 1.165) is 16.7 Å². The first-order valence-electron chi connectivity index (χ1n) is 6.35. The number of nitrogens with zero attached hydrogens (tertiary/aromatic N) is 1. The van der Waals surface area contributed by atoms with Crippen molar-refractivity contribution in [2.24, 2.45) is 5.73 Å². The molecule has 0 aliphatic heterocycles. The van der Waals surface area contributed by atoms with Crippen LogP contribution in [-0.2, 0) is 9.84 Å². The number of pyridine rings is 1. The van der Waals surface area contributed by atoms with Gasteiger partial charge in [0.1, 0.15) is 0 Å². The molecule has 20 heavy (non-hydrogen) atoms. The molecule has 0 saturated carbocycles. The molecule has 0 aliphatic rings. The molecule has 2 aromatic rings. The molecule has 2 rings (SSSR count). The van der Waals surface area contributed by atoms with Crippen LogP contribution in [0.1, 0.15) is 22.7 Å². The van der Waals surface area contributed by atoms with Crippen molar-refractivity contribution in [1.82, 2.24) is 4.98 Å². The first-order chi connectivity index (χ1) is 9.40. The van der Waals surface area contributed by atoms with Crippen LogP contribution in [0, 0.1) is 13.8 Å². The second kappa shape index (κ2) is 5.73. The van der Waals surface area contributed by atoms with Gasteiger partial charge in [-0.15, -0.1) is 0 Å². The Morgan fingerprint density at radius 3 is 2.35 bits per heavy atom. The van der Waals surface area contributed by atoms with Crippen molar-refractivity contribution in [1.29, 1.82) is 0 Å². The molecule has 0 spiro atoms. The summed E-state index contributed by atoms with van der Waals surface area (Å²) in [6, 6.07) is 8.08. The van der Waals surface area contributed by atoms with Crippen LogP contribution in [0.2, 0.25) is 0 Å². The van der Waals surface area contributed by atoms with Crippen molar-refractivity contribution >= 4 is 9.84 Å². The Hall–Kier alpha value is -1.72. The summed E-state index contributed by atoms with van der Waals surface area (Å²) in [4.78, 5) is 4.22. The number of benzene rings is 1. The zero-order valence-electron chi connectivity index (χ0n) is 11.6. The van der Waals surface area contributed by atoms with Gasteiger partial charge in [0.05, 0.1) is 10.6 Å². The lowest BCUT2D eigenvalue weighted by Crippen LogP contribution is -2.22. The number of aryl methyl sites for hydroxylation is 2. The van der Waals surface area contributed by atoms with Gasteiger partial charge in [-0.05, 0) is 54.8 Å². The predicted molar refractivity (Wildman–Crippen MR) is 79.1 cm³/mol. The number of nitrogens with two attached hydrogens (primary N) is 1. The molecule has 0 aliphatic carbocycles. The van der Waals surface area contributed by atoms with E-state index in [1.165, 1.54) is 0 Å². The molecule has 2 N–H and O–H groups in total. The maximum Gasteiger partial charge on any atom is 0.180 e. The third kappa shape index (κ3) is 3.23. The van der Waals surface area contributed by atoms with Gasteiger partial charge in [-0.1, -0.05) is 6.07 Å². The Bertz CT molecular complexity index is 697. The number of hydrogen-bond acceptors (Lipinski definition) is 4. The number of rotatable bonds is 4. The Kier molecular flexibility index (Phi) is 4.20. The highest BCUT2D eigenvalue weighted by Gasteiger charge is 2.20. The Labute approximate surface area is 119 Å². The number of aromatic nitrogens is 1. The molecule has 0 radical (unpaired) electrons. The van der Waals surface area contributed by atoms with Gasteiger partial charge >= 0.3 is 0 Å². The Morgan fingerprint density at radius 1 is 1.10 bits per heavy atom. The van der Waals surface area contributed by atoms with Crippen molar-refractivity contribution in [2.45, 2.75) is 24.8 Å². The second-order valence-electron chi connectivity index (χ2n) is 4.91. The number of sulfone groups is 1. The van der Waals surface area contributed by atoms with E-state index in [0.29, 0.717) is 4.90 Å². The summed E-state index contributed by atoms with van der Waals surface area (Å²) in [7, 11) is -3.39. The fourth-order valence-corrected chi connectivity index (χ4v) is 3.44. The monoisotopic (exact) mass is 290 g/mol. The van der Waals surface area contributed by atoms with Crippen LogP contribution in [0.15, 0.2) is 47.6 Å². The van der Waals surface area contributed by atoms with E-state index >= 15 is 0 Å². The lowest BCUT2D eigenvalue weighted by atomic mass is 10.1. The normalized spacial score (nSPS) is 13.2. The van der Waals surface area contributed by atoms with E-state index in [1.807, 2.05) is 19.9 Å². The van der Waals surface area contributed by atoms with E-state index in [1.54, 1.807) is 36.7 Å². The van der Waals surface area contributed by atoms with Crippen LogP contribution in [-0.4, -0.2) is 19.2 Å². The van der Waals surface area contributed by atoms with Crippen LogP contribution in [0.25, 0.3) is 0 Å². The molecule has 1 atom stereocenters. The molecular formula is C15H18N2O2S. The van der Waals surface area contributed by atoms with Gasteiger partial charge in [0.2, 0.25) is 0 Å². The van der Waals surface area contributed by atoms with Crippen molar-refractivity contribution in [3.05, 3.63) is 59.4 Å². The van der Waals surface area contributed by atoms with Crippen molar-refractivity contribution in [2.75, 3.05) is 5.75 Å². The van der Waals surface area contributed by atoms with Gasteiger partial charge in [0.15, 0.2) is 9.84 Å². The van der Waals surface area contributed by atoms with Crippen molar-refractivity contribution in [3.8, 4) is 0 Å². The van der Waals surface area contributed by atoms with Gasteiger partial charge in [-0.3, -0.25) is 4.98 Å². The zero-order valence-corrected chi connectivity index (χ0v) is 12.4. The van der Waals surface area contributed by atoms with Crippen molar-refractivity contribution in [3.63, 3.8) is 0 Å². The molecule has 1 heterocycles. The minimum atomic E-state index is -3.39. The number of hydrogen-bond donors (Lipinski definition) is 1. The standard InChI is InChI=1S/C15H18N2O2S/c1-11-3-4-14(9-12(11)2)20(18,19)10-15(16)13-5-7-17-8-6-13/h3-9,15H,10,16H2,1-2H3. The highest BCUT2D eigenvalue weighted by Crippen LogP contribution is 2.20. The van der Waals surface area contributed by atoms with E-state index in [9.17, 15) is 8.42 Å². The smallest absolute Gasteiger partial charge is 0.180 e. The molecule has 0 fully saturated rings. The summed E-state index contributed by atoms with van der Waals surface area (Å²) in [5, 5.41) is 0. The average molecular weight is 290 g/mol. The summed E-state index contributed by atoms with van der Waals surface area (Å²) < 4.78 is 24.8. The maximum absolute atomic E-state index is 12.4. The van der Waals surface area contributed by atoms with E-state index in [4.69, 9.17) is 5.73 Å². The van der Waals surface area contributed by atoms with Crippen LogP contribution >= 0.6 is 0 Å². The van der Waals surface area contributed by atoms with Crippen LogP contribution in [0.3, 0.4) is 0 Å². The van der Waals surface area contributed by atoms with Gasteiger partial charge < -0.3 is 5.73 Å². The highest BCUT2D eigenvalue weighted by molar-refractivity contribution is 7.91. The largest absolute Gasteiger partial charge is 0.323 e. The van der Waals surface area contributed by atoms with E-state index in [2.05, 4.69) is 4.98 Å². The maximum atomic E-state index is 12.4. The molecule has 1 aromatic heterocycles. The topological polar surface area (TPSA) is 73.0 Å². The molecule has 106 valence electrons. The fraction of sp³-hybridized carbons (Fsp3) is 0.267. The molecule has 0 bridgehead atoms. The summed E-state index contributed by atoms with van der Waals surface area (Å²) in [5.74, 6) is -0.112. The second-order valence-corrected chi connectivity index (χ2v) is 6.95. The lowest BCUT2D eigenvalue weighted by Gasteiger charge is -2.13. The molecule has 0 amide bonds. The third-order valence-electron chi connectivity index (χ3n) is 3.37. The minimum absolute atomic E-state index is 0.112. The average Bonchev–Trinajstić information content (AvgIpc) is 2.42. The zero-order chi connectivity index (χ0) is 14.8. The highest BCUT2D eigenvalue weighted by atomic mass is 32.2. The lowest BCUT2D eigenvalue weighted by molar-refractivity contribution is 0.588. The Balaban J connectivity index is 2.25. The SMILES string of the molecule is Cc1ccc(S(=O)(=O)CC(N)c2ccncc2)cc1C. The summed E-state index contributed by atoms with van der Waals surface area (Å²) in [5.41, 5.74) is 8.78. The first kappa shape index (κ1) is 14.7. The van der Waals surface area contributed by atoms with Crippen LogP contribution in [0.4, 0.5) is 0 Å². The molecular weight excluding hydrogens is 272 g/mol. The van der Waals surface area contributed by atoms with E-state index in [-0.39, 0.29) is 5.75 Å². The molecule has 1 aromatic carbocycles. The van der Waals surface area contributed by atoms with Crippen LogP contribution in [0.5, 0.6) is 0 Å². The summed E-state index contributed by atoms with van der Waals surface area (Å²) >= 11 is 0. The molecule has 5 heteroatoms. The third-order valence-corrected chi connectivity index (χ3v) is 5.14. The molecule has 4 nitrogen and oxygen atoms in total. The van der Waals surface area contributed by atoms with Gasteiger partial charge in [0.25, 0.3) is 0 Å². The van der Waals surface area contributed by atoms with Gasteiger partial charge in [-0.2, -0.15) is 0 Å². The molecule has 1 unspecified atom stereocenters. The van der Waals surface area contributed by atoms with Crippen LogP contribution < -0.4 is 5.73 Å². The fourth-order valence-electron chi connectivity index (χ4n) is 1.95. The molecule has 0 saturated heterocycles. The van der Waals surface area contributed by atoms with Gasteiger partial charge in [0, 0.05) is 18.4 Å². The first-order valence-corrected chi connectivity index (χ1v) is 8.01. The predicted octanol–water partition coefficient (Wildman–Crippen LogP) is 2.17. The Morgan fingerprint density at radius 2 is 1.75 bits per heavy atom. The van der Waals surface area contributed by atoms with E-state index < -0.39 is 15.9 Å². The van der Waals surface area contributed by atoms with Gasteiger partial charge in [-0.25, -0.2) is 8.42 Å². The minimum Gasteiger partial charge on any atom is -0.323 e. The van der Waals surface area contributed by atoms with Crippen molar-refractivity contribution < 1.29 is 8.42 Å².